The van der Waals surface area contributed by atoms with Crippen molar-refractivity contribution in [1.29, 1.82) is 0 Å². The fraction of sp³-hybridized carbons (Fsp3) is 0.389. The first-order valence-electron chi connectivity index (χ1n) is 7.85. The zero-order chi connectivity index (χ0) is 18.4. The molecule has 7 heteroatoms. The number of nitrogens with zero attached hydrogens (tertiary/aromatic N) is 1. The average Bonchev–Trinajstić information content (AvgIpc) is 3.02. The maximum atomic E-state index is 12.2. The Morgan fingerprint density at radius 1 is 1.24 bits per heavy atom. The molecular weight excluding hydrogens is 324 g/mol. The summed E-state index contributed by atoms with van der Waals surface area (Å²) >= 11 is 0. The van der Waals surface area contributed by atoms with Crippen LogP contribution in [0.5, 0.6) is 0 Å². The fourth-order valence-electron chi connectivity index (χ4n) is 2.26. The molecule has 25 heavy (non-hydrogen) atoms. The highest BCUT2D eigenvalue weighted by atomic mass is 16.6. The maximum Gasteiger partial charge on any atom is 0.408 e. The van der Waals surface area contributed by atoms with Gasteiger partial charge in [0.15, 0.2) is 17.8 Å². The van der Waals surface area contributed by atoms with Gasteiger partial charge in [0.1, 0.15) is 5.60 Å². The zero-order valence-corrected chi connectivity index (χ0v) is 14.7. The number of carbonyl (C=O) groups is 2. The number of hydrogen-bond acceptors (Lipinski definition) is 6. The van der Waals surface area contributed by atoms with Crippen LogP contribution in [0.2, 0.25) is 0 Å². The van der Waals surface area contributed by atoms with Gasteiger partial charge >= 0.3 is 12.1 Å². The van der Waals surface area contributed by atoms with Gasteiger partial charge in [-0.1, -0.05) is 30.3 Å². The Balaban J connectivity index is 2.28. The first-order valence-corrected chi connectivity index (χ1v) is 7.85. The summed E-state index contributed by atoms with van der Waals surface area (Å²) in [6, 6.07) is 8.88. The number of benzene rings is 1. The largest absolute Gasteiger partial charge is 0.464 e. The number of aromatic nitrogens is 1. The molecule has 0 saturated heterocycles. The number of ether oxygens (including phenoxy) is 2. The molecule has 0 saturated carbocycles. The van der Waals surface area contributed by atoms with E-state index in [0.29, 0.717) is 6.42 Å². The smallest absolute Gasteiger partial charge is 0.408 e. The van der Waals surface area contributed by atoms with E-state index in [1.54, 1.807) is 20.8 Å². The van der Waals surface area contributed by atoms with Crippen LogP contribution in [0, 0.1) is 0 Å². The molecule has 1 N–H and O–H groups in total. The predicted octanol–water partition coefficient (Wildman–Crippen LogP) is 3.27. The molecule has 1 heterocycles. The summed E-state index contributed by atoms with van der Waals surface area (Å²) in [6.07, 6.45) is 0.941. The van der Waals surface area contributed by atoms with Gasteiger partial charge in [0.25, 0.3) is 0 Å². The first kappa shape index (κ1) is 18.5. The van der Waals surface area contributed by atoms with Crippen molar-refractivity contribution in [3.8, 4) is 0 Å². The molecule has 134 valence electrons. The van der Waals surface area contributed by atoms with E-state index >= 15 is 0 Å². The Hall–Kier alpha value is -2.83. The van der Waals surface area contributed by atoms with Gasteiger partial charge in [-0.2, -0.15) is 0 Å². The number of alkyl carbamates (subject to hydrolysis) is 1. The van der Waals surface area contributed by atoms with Crippen molar-refractivity contribution in [2.45, 2.75) is 38.8 Å². The lowest BCUT2D eigenvalue weighted by Gasteiger charge is -2.23. The lowest BCUT2D eigenvalue weighted by atomic mass is 10.0. The highest BCUT2D eigenvalue weighted by molar-refractivity contribution is 5.88. The van der Waals surface area contributed by atoms with E-state index in [2.05, 4.69) is 10.3 Å². The van der Waals surface area contributed by atoms with E-state index < -0.39 is 23.7 Å². The summed E-state index contributed by atoms with van der Waals surface area (Å²) in [4.78, 5) is 28.0. The molecule has 0 radical (unpaired) electrons. The van der Waals surface area contributed by atoms with Crippen LogP contribution in [0.25, 0.3) is 0 Å². The van der Waals surface area contributed by atoms with Crippen LogP contribution in [-0.2, 0) is 15.9 Å². The van der Waals surface area contributed by atoms with Crippen LogP contribution in [0.4, 0.5) is 4.79 Å². The number of methoxy groups -OCH3 is 1. The van der Waals surface area contributed by atoms with Gasteiger partial charge < -0.3 is 19.2 Å². The Kier molecular flexibility index (Phi) is 5.80. The van der Waals surface area contributed by atoms with Crippen molar-refractivity contribution >= 4 is 12.1 Å². The third-order valence-corrected chi connectivity index (χ3v) is 3.26. The lowest BCUT2D eigenvalue weighted by Crippen LogP contribution is -2.36. The van der Waals surface area contributed by atoms with Crippen molar-refractivity contribution < 1.29 is 23.5 Å². The van der Waals surface area contributed by atoms with E-state index in [4.69, 9.17) is 13.9 Å². The number of rotatable bonds is 5. The Morgan fingerprint density at radius 3 is 2.52 bits per heavy atom. The van der Waals surface area contributed by atoms with Gasteiger partial charge in [0.2, 0.25) is 0 Å². The zero-order valence-electron chi connectivity index (χ0n) is 14.7. The van der Waals surface area contributed by atoms with E-state index in [1.807, 2.05) is 30.3 Å². The summed E-state index contributed by atoms with van der Waals surface area (Å²) in [5.41, 5.74) is 0.337. The minimum atomic E-state index is -0.645. The Morgan fingerprint density at radius 2 is 1.92 bits per heavy atom. The van der Waals surface area contributed by atoms with Gasteiger partial charge in [0, 0.05) is 6.42 Å². The van der Waals surface area contributed by atoms with Gasteiger partial charge in [-0.25, -0.2) is 14.6 Å². The second-order valence-corrected chi connectivity index (χ2v) is 6.45. The van der Waals surface area contributed by atoms with Gasteiger partial charge in [-0.05, 0) is 26.3 Å². The number of hydrogen-bond donors (Lipinski definition) is 1. The first-order chi connectivity index (χ1) is 11.8. The molecule has 0 aliphatic carbocycles. The molecule has 0 bridgehead atoms. The molecule has 2 aromatic rings. The molecule has 7 nitrogen and oxygen atoms in total. The molecule has 0 spiro atoms. The average molecular weight is 346 g/mol. The molecular formula is C18H22N2O5. The van der Waals surface area contributed by atoms with Crippen LogP contribution in [0.3, 0.4) is 0 Å². The monoisotopic (exact) mass is 346 g/mol. The summed E-state index contributed by atoms with van der Waals surface area (Å²) < 4.78 is 15.4. The fourth-order valence-corrected chi connectivity index (χ4v) is 2.26. The maximum absolute atomic E-state index is 12.2. The normalized spacial score (nSPS) is 12.3. The van der Waals surface area contributed by atoms with Crippen molar-refractivity contribution in [2.24, 2.45) is 0 Å². The number of carbonyl (C=O) groups excluding carboxylic acids is 2. The van der Waals surface area contributed by atoms with E-state index in [9.17, 15) is 9.59 Å². The van der Waals surface area contributed by atoms with E-state index in [1.165, 1.54) is 7.11 Å². The van der Waals surface area contributed by atoms with Crippen LogP contribution in [0.15, 0.2) is 41.1 Å². The molecule has 1 amide bonds. The Bertz CT molecular complexity index is 719. The van der Waals surface area contributed by atoms with Crippen molar-refractivity contribution in [3.05, 3.63) is 53.7 Å². The van der Waals surface area contributed by atoms with Crippen molar-refractivity contribution in [2.75, 3.05) is 7.11 Å². The summed E-state index contributed by atoms with van der Waals surface area (Å²) in [7, 11) is 1.26. The van der Waals surface area contributed by atoms with Crippen LogP contribution < -0.4 is 5.32 Å². The van der Waals surface area contributed by atoms with Crippen LogP contribution in [-0.4, -0.2) is 29.8 Å². The SMILES string of the molecule is COC(=O)c1ncoc1[C@H](Cc1ccccc1)NC(=O)OC(C)(C)C. The summed E-state index contributed by atoms with van der Waals surface area (Å²) in [5.74, 6) is -0.408. The molecule has 0 unspecified atom stereocenters. The minimum absolute atomic E-state index is 0.0273. The standard InChI is InChI=1S/C18H22N2O5/c1-18(2,3)25-17(22)20-13(10-12-8-6-5-7-9-12)15-14(16(21)23-4)19-11-24-15/h5-9,11,13H,10H2,1-4H3,(H,20,22)/t13-/m0/s1. The van der Waals surface area contributed by atoms with Crippen LogP contribution >= 0.6 is 0 Å². The quantitative estimate of drug-likeness (QED) is 0.836. The number of amides is 1. The molecule has 0 aliphatic heterocycles. The molecule has 1 atom stereocenters. The molecule has 1 aromatic heterocycles. The third-order valence-electron chi connectivity index (χ3n) is 3.26. The summed E-state index contributed by atoms with van der Waals surface area (Å²) in [5, 5.41) is 2.74. The summed E-state index contributed by atoms with van der Waals surface area (Å²) in [6.45, 7) is 5.31. The Labute approximate surface area is 146 Å². The molecule has 0 aliphatic rings. The highest BCUT2D eigenvalue weighted by Crippen LogP contribution is 2.23. The minimum Gasteiger partial charge on any atom is -0.464 e. The molecule has 1 aromatic carbocycles. The topological polar surface area (TPSA) is 90.7 Å². The highest BCUT2D eigenvalue weighted by Gasteiger charge is 2.28. The van der Waals surface area contributed by atoms with Gasteiger partial charge in [-0.3, -0.25) is 0 Å². The van der Waals surface area contributed by atoms with Crippen molar-refractivity contribution in [1.82, 2.24) is 10.3 Å². The van der Waals surface area contributed by atoms with E-state index in [0.717, 1.165) is 12.0 Å². The molecule has 0 fully saturated rings. The van der Waals surface area contributed by atoms with Gasteiger partial charge in [-0.15, -0.1) is 0 Å². The molecule has 2 rings (SSSR count). The second kappa shape index (κ2) is 7.83. The number of oxazole rings is 1. The number of esters is 1. The predicted molar refractivity (Wildman–Crippen MR) is 90.1 cm³/mol. The lowest BCUT2D eigenvalue weighted by molar-refractivity contribution is 0.0489. The number of nitrogens with one attached hydrogen (secondary N) is 1. The van der Waals surface area contributed by atoms with E-state index in [-0.39, 0.29) is 11.5 Å². The van der Waals surface area contributed by atoms with Crippen LogP contribution in [0.1, 0.15) is 48.6 Å². The van der Waals surface area contributed by atoms with Crippen molar-refractivity contribution in [3.63, 3.8) is 0 Å². The third kappa shape index (κ3) is 5.34. The second-order valence-electron chi connectivity index (χ2n) is 6.45. The van der Waals surface area contributed by atoms with Gasteiger partial charge in [0.05, 0.1) is 13.2 Å².